The van der Waals surface area contributed by atoms with Crippen molar-refractivity contribution in [3.05, 3.63) is 40.6 Å². The van der Waals surface area contributed by atoms with Gasteiger partial charge < -0.3 is 15.5 Å². The largest absolute Gasteiger partial charge is 0.360 e. The van der Waals surface area contributed by atoms with E-state index in [9.17, 15) is 4.79 Å². The highest BCUT2D eigenvalue weighted by molar-refractivity contribution is 6.31. The smallest absolute Gasteiger partial charge is 0.266 e. The van der Waals surface area contributed by atoms with Gasteiger partial charge in [0, 0.05) is 43.1 Å². The molecule has 110 valence electrons. The molecule has 1 aromatic rings. The molecule has 0 atom stereocenters. The van der Waals surface area contributed by atoms with Crippen LogP contribution in [-0.2, 0) is 4.79 Å². The van der Waals surface area contributed by atoms with Crippen LogP contribution in [0.1, 0.15) is 5.56 Å². The molecule has 0 radical (unpaired) electrons. The van der Waals surface area contributed by atoms with E-state index in [1.165, 1.54) is 6.20 Å². The summed E-state index contributed by atoms with van der Waals surface area (Å²) in [5.74, 6) is -0.246. The zero-order chi connectivity index (χ0) is 15.2. The van der Waals surface area contributed by atoms with E-state index in [1.807, 2.05) is 25.1 Å². The third kappa shape index (κ3) is 3.97. The molecule has 5 nitrogen and oxygen atoms in total. The van der Waals surface area contributed by atoms with Crippen molar-refractivity contribution in [1.82, 2.24) is 10.2 Å². The van der Waals surface area contributed by atoms with Gasteiger partial charge in [0.2, 0.25) is 0 Å². The van der Waals surface area contributed by atoms with Gasteiger partial charge in [0.25, 0.3) is 5.91 Å². The maximum atomic E-state index is 12.2. The molecule has 0 saturated carbocycles. The van der Waals surface area contributed by atoms with Crippen LogP contribution < -0.4 is 10.6 Å². The van der Waals surface area contributed by atoms with Gasteiger partial charge >= 0.3 is 0 Å². The third-order valence-corrected chi connectivity index (χ3v) is 3.72. The Morgan fingerprint density at radius 3 is 2.81 bits per heavy atom. The first-order chi connectivity index (χ1) is 10.1. The number of rotatable bonds is 3. The predicted octanol–water partition coefficient (Wildman–Crippen LogP) is 1.90. The molecule has 6 heteroatoms. The van der Waals surface area contributed by atoms with Crippen LogP contribution in [0, 0.1) is 18.3 Å². The molecule has 1 saturated heterocycles. The Morgan fingerprint density at radius 1 is 1.48 bits per heavy atom. The number of nitrogens with zero attached hydrogens (tertiary/aromatic N) is 2. The highest BCUT2D eigenvalue weighted by Gasteiger charge is 2.19. The van der Waals surface area contributed by atoms with Crippen LogP contribution >= 0.6 is 11.6 Å². The molecule has 0 spiro atoms. The number of carbonyl (C=O) groups excluding carboxylic acids is 1. The lowest BCUT2D eigenvalue weighted by Gasteiger charge is -2.27. The predicted molar refractivity (Wildman–Crippen MR) is 83.0 cm³/mol. The fraction of sp³-hybridized carbons (Fsp3) is 0.333. The maximum absolute atomic E-state index is 12.2. The Labute approximate surface area is 129 Å². The molecule has 2 N–H and O–H groups in total. The van der Waals surface area contributed by atoms with Gasteiger partial charge in [-0.25, -0.2) is 0 Å². The van der Waals surface area contributed by atoms with E-state index in [2.05, 4.69) is 10.6 Å². The quantitative estimate of drug-likeness (QED) is 0.661. The normalized spacial score (nSPS) is 15.5. The minimum atomic E-state index is -0.246. The van der Waals surface area contributed by atoms with E-state index >= 15 is 0 Å². The van der Waals surface area contributed by atoms with Crippen molar-refractivity contribution in [2.24, 2.45) is 0 Å². The highest BCUT2D eigenvalue weighted by atomic mass is 35.5. The average Bonchev–Trinajstić information content (AvgIpc) is 2.52. The number of halogens is 1. The lowest BCUT2D eigenvalue weighted by atomic mass is 10.2. The second kappa shape index (κ2) is 7.11. The first kappa shape index (κ1) is 15.4. The number of hydrogen-bond donors (Lipinski definition) is 2. The van der Waals surface area contributed by atoms with Gasteiger partial charge in [0.05, 0.1) is 0 Å². The number of nitrogens with one attached hydrogen (secondary N) is 2. The van der Waals surface area contributed by atoms with Gasteiger partial charge in [0.1, 0.15) is 11.6 Å². The van der Waals surface area contributed by atoms with Crippen LogP contribution in [0.3, 0.4) is 0 Å². The molecule has 0 aromatic heterocycles. The van der Waals surface area contributed by atoms with Crippen LogP contribution in [0.2, 0.25) is 5.02 Å². The van der Waals surface area contributed by atoms with Crippen LogP contribution in [0.15, 0.2) is 30.0 Å². The Bertz CT molecular complexity index is 600. The second-order valence-electron chi connectivity index (χ2n) is 4.82. The molecular weight excluding hydrogens is 288 g/mol. The number of anilines is 1. The first-order valence-electron chi connectivity index (χ1n) is 6.75. The molecule has 0 unspecified atom stereocenters. The molecule has 1 fully saturated rings. The molecule has 0 bridgehead atoms. The van der Waals surface area contributed by atoms with Crippen molar-refractivity contribution < 1.29 is 4.79 Å². The molecule has 1 amide bonds. The summed E-state index contributed by atoms with van der Waals surface area (Å²) in [5.41, 5.74) is 1.81. The van der Waals surface area contributed by atoms with Crippen LogP contribution in [0.5, 0.6) is 0 Å². The van der Waals surface area contributed by atoms with Gasteiger partial charge in [0.15, 0.2) is 0 Å². The molecule has 1 aliphatic rings. The zero-order valence-corrected chi connectivity index (χ0v) is 12.6. The van der Waals surface area contributed by atoms with Gasteiger partial charge in [-0.3, -0.25) is 4.79 Å². The SMILES string of the molecule is Cc1ccc(N/C=C(/C#N)C(=O)N2CCNCC2)cc1Cl. The summed E-state index contributed by atoms with van der Waals surface area (Å²) >= 11 is 6.04. The summed E-state index contributed by atoms with van der Waals surface area (Å²) in [7, 11) is 0. The molecule has 0 aliphatic carbocycles. The highest BCUT2D eigenvalue weighted by Crippen LogP contribution is 2.20. The Kier molecular flexibility index (Phi) is 5.20. The average molecular weight is 305 g/mol. The van der Waals surface area contributed by atoms with E-state index < -0.39 is 0 Å². The van der Waals surface area contributed by atoms with Gasteiger partial charge in [-0.1, -0.05) is 17.7 Å². The maximum Gasteiger partial charge on any atom is 0.266 e. The van der Waals surface area contributed by atoms with Crippen molar-refractivity contribution in [3.63, 3.8) is 0 Å². The number of hydrogen-bond acceptors (Lipinski definition) is 4. The summed E-state index contributed by atoms with van der Waals surface area (Å²) < 4.78 is 0. The summed E-state index contributed by atoms with van der Waals surface area (Å²) in [6, 6.07) is 7.44. The Hall–Kier alpha value is -2.03. The van der Waals surface area contributed by atoms with E-state index in [4.69, 9.17) is 16.9 Å². The number of amides is 1. The van der Waals surface area contributed by atoms with Gasteiger partial charge in [-0.15, -0.1) is 0 Å². The number of benzene rings is 1. The van der Waals surface area contributed by atoms with E-state index in [0.717, 1.165) is 24.3 Å². The van der Waals surface area contributed by atoms with Crippen molar-refractivity contribution in [1.29, 1.82) is 5.26 Å². The van der Waals surface area contributed by atoms with E-state index in [1.54, 1.807) is 11.0 Å². The first-order valence-corrected chi connectivity index (χ1v) is 7.12. The molecule has 1 aromatic carbocycles. The molecule has 21 heavy (non-hydrogen) atoms. The number of piperazine rings is 1. The molecule has 1 aliphatic heterocycles. The summed E-state index contributed by atoms with van der Waals surface area (Å²) in [6.07, 6.45) is 1.44. The van der Waals surface area contributed by atoms with Crippen LogP contribution in [0.25, 0.3) is 0 Å². The van der Waals surface area contributed by atoms with Crippen LogP contribution in [0.4, 0.5) is 5.69 Å². The van der Waals surface area contributed by atoms with Gasteiger partial charge in [-0.05, 0) is 24.6 Å². The van der Waals surface area contributed by atoms with Gasteiger partial charge in [-0.2, -0.15) is 5.26 Å². The van der Waals surface area contributed by atoms with E-state index in [0.29, 0.717) is 18.1 Å². The summed E-state index contributed by atoms with van der Waals surface area (Å²) in [4.78, 5) is 13.9. The Morgan fingerprint density at radius 2 is 2.19 bits per heavy atom. The lowest BCUT2D eigenvalue weighted by Crippen LogP contribution is -2.46. The number of carbonyl (C=O) groups is 1. The fourth-order valence-electron chi connectivity index (χ4n) is 2.02. The second-order valence-corrected chi connectivity index (χ2v) is 5.23. The van der Waals surface area contributed by atoms with Crippen molar-refractivity contribution in [2.45, 2.75) is 6.92 Å². The topological polar surface area (TPSA) is 68.2 Å². The summed E-state index contributed by atoms with van der Waals surface area (Å²) in [6.45, 7) is 4.66. The minimum Gasteiger partial charge on any atom is -0.360 e. The van der Waals surface area contributed by atoms with Crippen molar-refractivity contribution in [3.8, 4) is 6.07 Å². The van der Waals surface area contributed by atoms with Crippen LogP contribution in [-0.4, -0.2) is 37.0 Å². The van der Waals surface area contributed by atoms with Crippen molar-refractivity contribution >= 4 is 23.2 Å². The minimum absolute atomic E-state index is 0.0913. The molecular formula is C15H17ClN4O. The van der Waals surface area contributed by atoms with E-state index in [-0.39, 0.29) is 11.5 Å². The number of aryl methyl sites for hydroxylation is 1. The lowest BCUT2D eigenvalue weighted by molar-refractivity contribution is -0.127. The third-order valence-electron chi connectivity index (χ3n) is 3.31. The standard InChI is InChI=1S/C15H17ClN4O/c1-11-2-3-13(8-14(11)16)19-10-12(9-17)15(21)20-6-4-18-5-7-20/h2-3,8,10,18-19H,4-7H2,1H3/b12-10-. The monoisotopic (exact) mass is 304 g/mol. The summed E-state index contributed by atoms with van der Waals surface area (Å²) in [5, 5.41) is 15.9. The molecule has 2 rings (SSSR count). The Balaban J connectivity index is 2.07. The molecule has 1 heterocycles. The van der Waals surface area contributed by atoms with Crippen molar-refractivity contribution in [2.75, 3.05) is 31.5 Å². The fourth-order valence-corrected chi connectivity index (χ4v) is 2.20. The number of nitriles is 1. The zero-order valence-electron chi connectivity index (χ0n) is 11.8.